The van der Waals surface area contributed by atoms with Crippen LogP contribution in [0.25, 0.3) is 11.3 Å². The molecule has 1 aliphatic carbocycles. The molecule has 0 spiro atoms. The number of aliphatic hydroxyl groups excluding tert-OH is 2. The minimum absolute atomic E-state index is 0.277. The number of amides is 1. The molecule has 1 saturated carbocycles. The van der Waals surface area contributed by atoms with Gasteiger partial charge in [-0.2, -0.15) is 0 Å². The lowest BCUT2D eigenvalue weighted by Gasteiger charge is -2.18. The zero-order valence-electron chi connectivity index (χ0n) is 18.3. The number of carbonyl (C=O) groups is 1. The van der Waals surface area contributed by atoms with Gasteiger partial charge in [0.25, 0.3) is 5.91 Å². The molecule has 4 atom stereocenters. The summed E-state index contributed by atoms with van der Waals surface area (Å²) in [5.41, 5.74) is 2.36. The Morgan fingerprint density at radius 1 is 1.25 bits per heavy atom. The normalized spacial score (nSPS) is 23.1. The first kappa shape index (κ1) is 22.1. The zero-order valence-corrected chi connectivity index (χ0v) is 18.3. The second-order valence-corrected chi connectivity index (χ2v) is 8.56. The third-order valence-electron chi connectivity index (χ3n) is 5.74. The van der Waals surface area contributed by atoms with E-state index in [-0.39, 0.29) is 5.92 Å². The summed E-state index contributed by atoms with van der Waals surface area (Å²) in [4.78, 5) is 15.1. The molecule has 3 aromatic rings. The van der Waals surface area contributed by atoms with E-state index in [0.717, 1.165) is 11.3 Å². The smallest absolute Gasteiger partial charge is 0.257 e. The van der Waals surface area contributed by atoms with E-state index in [4.69, 9.17) is 4.52 Å². The van der Waals surface area contributed by atoms with Crippen molar-refractivity contribution in [1.29, 1.82) is 0 Å². The van der Waals surface area contributed by atoms with Crippen LogP contribution in [-0.2, 0) is 13.1 Å². The molecule has 1 aliphatic rings. The second-order valence-electron chi connectivity index (χ2n) is 8.56. The van der Waals surface area contributed by atoms with Crippen LogP contribution in [0.4, 0.5) is 0 Å². The molecule has 2 aromatic heterocycles. The Balaban J connectivity index is 1.45. The van der Waals surface area contributed by atoms with Gasteiger partial charge >= 0.3 is 0 Å². The number of benzene rings is 1. The van der Waals surface area contributed by atoms with Crippen molar-refractivity contribution in [2.45, 2.75) is 44.7 Å². The summed E-state index contributed by atoms with van der Waals surface area (Å²) in [6.45, 7) is 2.73. The van der Waals surface area contributed by atoms with Gasteiger partial charge in [0.05, 0.1) is 17.8 Å². The van der Waals surface area contributed by atoms with Gasteiger partial charge in [0.1, 0.15) is 23.1 Å². The van der Waals surface area contributed by atoms with Gasteiger partial charge in [0, 0.05) is 30.8 Å². The van der Waals surface area contributed by atoms with Gasteiger partial charge in [0.15, 0.2) is 0 Å². The summed E-state index contributed by atoms with van der Waals surface area (Å²) < 4.78 is 6.94. The van der Waals surface area contributed by atoms with Gasteiger partial charge in [-0.3, -0.25) is 9.48 Å². The quantitative estimate of drug-likeness (QED) is 0.493. The molecule has 10 nitrogen and oxygen atoms in total. The third-order valence-corrected chi connectivity index (χ3v) is 5.74. The summed E-state index contributed by atoms with van der Waals surface area (Å²) in [5, 5.41) is 36.3. The first-order valence-corrected chi connectivity index (χ1v) is 10.6. The minimum atomic E-state index is -1.09. The molecule has 0 saturated heterocycles. The Labute approximate surface area is 185 Å². The summed E-state index contributed by atoms with van der Waals surface area (Å²) in [7, 11) is 3.90. The van der Waals surface area contributed by atoms with Crippen molar-refractivity contribution < 1.29 is 19.5 Å². The molecule has 0 radical (unpaired) electrons. The topological polar surface area (TPSA) is 130 Å². The highest BCUT2D eigenvalue weighted by molar-refractivity contribution is 6.01. The Morgan fingerprint density at radius 2 is 2.00 bits per heavy atom. The highest BCUT2D eigenvalue weighted by atomic mass is 16.5. The predicted octanol–water partition coefficient (Wildman–Crippen LogP) is 0.843. The molecule has 170 valence electrons. The van der Waals surface area contributed by atoms with Gasteiger partial charge < -0.3 is 25.0 Å². The number of aromatic nitrogens is 4. The Bertz CT molecular complexity index is 1060. The van der Waals surface area contributed by atoms with Crippen LogP contribution in [0.15, 0.2) is 41.1 Å². The van der Waals surface area contributed by atoms with Crippen molar-refractivity contribution in [2.75, 3.05) is 14.1 Å². The lowest BCUT2D eigenvalue weighted by Crippen LogP contribution is -2.43. The molecule has 1 fully saturated rings. The number of aryl methyl sites for hydroxylation is 1. The fourth-order valence-electron chi connectivity index (χ4n) is 4.19. The minimum Gasteiger partial charge on any atom is -0.390 e. The fourth-order valence-corrected chi connectivity index (χ4v) is 4.19. The second kappa shape index (κ2) is 9.19. The largest absolute Gasteiger partial charge is 0.390 e. The average Bonchev–Trinajstić information content (AvgIpc) is 3.43. The van der Waals surface area contributed by atoms with Crippen LogP contribution >= 0.6 is 0 Å². The van der Waals surface area contributed by atoms with Crippen molar-refractivity contribution in [3.63, 3.8) is 0 Å². The molecule has 3 N–H and O–H groups in total. The number of aliphatic hydroxyl groups is 2. The number of hydrogen-bond acceptors (Lipinski definition) is 8. The summed E-state index contributed by atoms with van der Waals surface area (Å²) >= 11 is 0. The standard InChI is InChI=1S/C22H28N6O4/c1-13-18(19(25-32-13)14-7-5-4-6-8-14)22(31)23-17-9-15(20(29)21(17)30)10-28-12-16(24-26-28)11-27(2)3/h4-8,12,15,17,20-21,29-30H,9-11H2,1-3H3,(H,23,31). The van der Waals surface area contributed by atoms with Crippen LogP contribution < -0.4 is 5.32 Å². The van der Waals surface area contributed by atoms with Gasteiger partial charge in [0.2, 0.25) is 0 Å². The maximum Gasteiger partial charge on any atom is 0.257 e. The number of rotatable bonds is 7. The lowest BCUT2D eigenvalue weighted by molar-refractivity contribution is 0.00761. The van der Waals surface area contributed by atoms with Crippen molar-refractivity contribution in [3.8, 4) is 11.3 Å². The van der Waals surface area contributed by atoms with E-state index in [0.29, 0.717) is 36.5 Å². The van der Waals surface area contributed by atoms with Gasteiger partial charge in [-0.25, -0.2) is 0 Å². The number of hydrogen-bond donors (Lipinski definition) is 3. The Kier molecular flexibility index (Phi) is 6.35. The van der Waals surface area contributed by atoms with E-state index in [2.05, 4.69) is 20.8 Å². The average molecular weight is 441 g/mol. The first-order valence-electron chi connectivity index (χ1n) is 10.6. The monoisotopic (exact) mass is 440 g/mol. The van der Waals surface area contributed by atoms with E-state index < -0.39 is 24.2 Å². The van der Waals surface area contributed by atoms with E-state index >= 15 is 0 Å². The molecule has 1 aromatic carbocycles. The number of nitrogens with zero attached hydrogens (tertiary/aromatic N) is 5. The molecule has 4 rings (SSSR count). The molecule has 0 aliphatic heterocycles. The summed E-state index contributed by atoms with van der Waals surface area (Å²) in [5.74, 6) is -0.281. The predicted molar refractivity (Wildman–Crippen MR) is 115 cm³/mol. The third kappa shape index (κ3) is 4.57. The lowest BCUT2D eigenvalue weighted by atomic mass is 10.0. The fraction of sp³-hybridized carbons (Fsp3) is 0.455. The van der Waals surface area contributed by atoms with E-state index in [1.54, 1.807) is 11.6 Å². The molecule has 32 heavy (non-hydrogen) atoms. The van der Waals surface area contributed by atoms with Gasteiger partial charge in [-0.05, 0) is 27.4 Å². The molecule has 10 heteroatoms. The van der Waals surface area contributed by atoms with Gasteiger partial charge in [-0.15, -0.1) is 5.10 Å². The number of nitrogens with one attached hydrogen (secondary N) is 1. The van der Waals surface area contributed by atoms with E-state index in [1.807, 2.05) is 55.5 Å². The Hall–Kier alpha value is -3.08. The van der Waals surface area contributed by atoms with Crippen molar-refractivity contribution in [2.24, 2.45) is 5.92 Å². The molecule has 2 heterocycles. The highest BCUT2D eigenvalue weighted by Crippen LogP contribution is 2.30. The molecular formula is C22H28N6O4. The first-order chi connectivity index (χ1) is 15.3. The van der Waals surface area contributed by atoms with Crippen LogP contribution in [0.3, 0.4) is 0 Å². The molecular weight excluding hydrogens is 412 g/mol. The van der Waals surface area contributed by atoms with Crippen molar-refractivity contribution in [1.82, 2.24) is 30.4 Å². The van der Waals surface area contributed by atoms with Gasteiger partial charge in [-0.1, -0.05) is 40.7 Å². The van der Waals surface area contributed by atoms with E-state index in [1.165, 1.54) is 0 Å². The van der Waals surface area contributed by atoms with Crippen LogP contribution in [-0.4, -0.2) is 73.5 Å². The zero-order chi connectivity index (χ0) is 22.8. The SMILES string of the molecule is Cc1onc(-c2ccccc2)c1C(=O)NC1CC(Cn2cc(CN(C)C)nn2)C(O)C1O. The maximum absolute atomic E-state index is 13.1. The molecule has 0 bridgehead atoms. The van der Waals surface area contributed by atoms with Crippen molar-refractivity contribution in [3.05, 3.63) is 53.5 Å². The van der Waals surface area contributed by atoms with Crippen LogP contribution in [0.1, 0.15) is 28.2 Å². The number of carbonyl (C=O) groups excluding carboxylic acids is 1. The summed E-state index contributed by atoms with van der Waals surface area (Å²) in [6.07, 6.45) is 0.160. The van der Waals surface area contributed by atoms with Crippen LogP contribution in [0.2, 0.25) is 0 Å². The van der Waals surface area contributed by atoms with E-state index in [9.17, 15) is 15.0 Å². The Morgan fingerprint density at radius 3 is 2.72 bits per heavy atom. The van der Waals surface area contributed by atoms with Crippen molar-refractivity contribution >= 4 is 5.91 Å². The summed E-state index contributed by atoms with van der Waals surface area (Å²) in [6, 6.07) is 8.69. The molecule has 4 unspecified atom stereocenters. The molecule has 1 amide bonds. The van der Waals surface area contributed by atoms with Crippen LogP contribution in [0.5, 0.6) is 0 Å². The highest BCUT2D eigenvalue weighted by Gasteiger charge is 2.43. The maximum atomic E-state index is 13.1. The van der Waals surface area contributed by atoms with Crippen LogP contribution in [0, 0.1) is 12.8 Å².